The van der Waals surface area contributed by atoms with Gasteiger partial charge in [-0.25, -0.2) is 4.79 Å². The summed E-state index contributed by atoms with van der Waals surface area (Å²) in [5.74, 6) is -0.334. The molecule has 0 aliphatic carbocycles. The summed E-state index contributed by atoms with van der Waals surface area (Å²) in [4.78, 5) is 23.9. The summed E-state index contributed by atoms with van der Waals surface area (Å²) >= 11 is 0. The SMILES string of the molecule is CC(=NN1CCCCCC1)c1c(O)n(C)c(=O)n(C)c1=O. The molecular weight excluding hydrogens is 272 g/mol. The fraction of sp³-hybridized carbons (Fsp3) is 0.643. The van der Waals surface area contributed by atoms with E-state index in [9.17, 15) is 14.7 Å². The van der Waals surface area contributed by atoms with Gasteiger partial charge in [-0.2, -0.15) is 5.10 Å². The van der Waals surface area contributed by atoms with Gasteiger partial charge in [0.2, 0.25) is 5.88 Å². The van der Waals surface area contributed by atoms with E-state index in [0.717, 1.165) is 35.1 Å². The number of aromatic hydroxyl groups is 1. The fourth-order valence-electron chi connectivity index (χ4n) is 2.57. The van der Waals surface area contributed by atoms with E-state index in [-0.39, 0.29) is 11.4 Å². The van der Waals surface area contributed by atoms with Gasteiger partial charge in [-0.1, -0.05) is 12.8 Å². The molecule has 0 amide bonds. The van der Waals surface area contributed by atoms with Crippen LogP contribution in [0.25, 0.3) is 0 Å². The second kappa shape index (κ2) is 6.15. The summed E-state index contributed by atoms with van der Waals surface area (Å²) < 4.78 is 2.04. The fourth-order valence-corrected chi connectivity index (χ4v) is 2.57. The zero-order chi connectivity index (χ0) is 15.6. The summed E-state index contributed by atoms with van der Waals surface area (Å²) in [5, 5.41) is 16.5. The highest BCUT2D eigenvalue weighted by molar-refractivity contribution is 6.00. The lowest BCUT2D eigenvalue weighted by Crippen LogP contribution is -2.40. The molecule has 1 aliphatic rings. The highest BCUT2D eigenvalue weighted by atomic mass is 16.3. The van der Waals surface area contributed by atoms with Crippen LogP contribution in [0.1, 0.15) is 38.2 Å². The molecule has 0 unspecified atom stereocenters. The largest absolute Gasteiger partial charge is 0.494 e. The predicted octanol–water partition coefficient (Wildman–Crippen LogP) is 0.390. The molecule has 21 heavy (non-hydrogen) atoms. The molecule has 7 nitrogen and oxygen atoms in total. The molecule has 1 saturated heterocycles. The van der Waals surface area contributed by atoms with Crippen molar-refractivity contribution in [2.45, 2.75) is 32.6 Å². The average molecular weight is 294 g/mol. The van der Waals surface area contributed by atoms with E-state index in [1.165, 1.54) is 26.9 Å². The Morgan fingerprint density at radius 3 is 2.19 bits per heavy atom. The summed E-state index contributed by atoms with van der Waals surface area (Å²) in [6.45, 7) is 3.39. The first-order chi connectivity index (χ1) is 9.93. The second-order valence-corrected chi connectivity index (χ2v) is 5.46. The minimum atomic E-state index is -0.552. The van der Waals surface area contributed by atoms with Crippen molar-refractivity contribution in [3.63, 3.8) is 0 Å². The van der Waals surface area contributed by atoms with Crippen molar-refractivity contribution >= 4 is 5.71 Å². The van der Waals surface area contributed by atoms with Gasteiger partial charge in [0.05, 0.1) is 5.71 Å². The lowest BCUT2D eigenvalue weighted by Gasteiger charge is -2.18. The molecular formula is C14H22N4O3. The molecule has 0 spiro atoms. The van der Waals surface area contributed by atoms with Crippen molar-refractivity contribution in [2.24, 2.45) is 19.2 Å². The third kappa shape index (κ3) is 3.01. The van der Waals surface area contributed by atoms with Gasteiger partial charge in [0, 0.05) is 27.2 Å². The Morgan fingerprint density at radius 2 is 1.62 bits per heavy atom. The molecule has 2 heterocycles. The predicted molar refractivity (Wildman–Crippen MR) is 80.8 cm³/mol. The molecule has 1 aromatic heterocycles. The number of aromatic nitrogens is 2. The Hall–Kier alpha value is -2.05. The molecule has 0 bridgehead atoms. The van der Waals surface area contributed by atoms with Gasteiger partial charge in [-0.15, -0.1) is 0 Å². The van der Waals surface area contributed by atoms with Gasteiger partial charge in [0.1, 0.15) is 5.56 Å². The van der Waals surface area contributed by atoms with Crippen LogP contribution in [0.2, 0.25) is 0 Å². The van der Waals surface area contributed by atoms with Crippen LogP contribution in [0.15, 0.2) is 14.7 Å². The molecule has 1 aliphatic heterocycles. The van der Waals surface area contributed by atoms with Crippen molar-refractivity contribution in [3.8, 4) is 5.88 Å². The van der Waals surface area contributed by atoms with Gasteiger partial charge in [-0.3, -0.25) is 18.9 Å². The highest BCUT2D eigenvalue weighted by Crippen LogP contribution is 2.13. The minimum Gasteiger partial charge on any atom is -0.494 e. The number of hydrazone groups is 1. The quantitative estimate of drug-likeness (QED) is 0.800. The molecule has 0 atom stereocenters. The maximum atomic E-state index is 12.2. The monoisotopic (exact) mass is 294 g/mol. The normalized spacial score (nSPS) is 16.9. The molecule has 0 aromatic carbocycles. The molecule has 1 aromatic rings. The number of hydrogen-bond acceptors (Lipinski definition) is 5. The maximum absolute atomic E-state index is 12.2. The molecule has 116 valence electrons. The molecule has 2 rings (SSSR count). The molecule has 0 saturated carbocycles. The van der Waals surface area contributed by atoms with Crippen molar-refractivity contribution in [3.05, 3.63) is 26.4 Å². The van der Waals surface area contributed by atoms with Crippen LogP contribution in [0, 0.1) is 0 Å². The Kier molecular flexibility index (Phi) is 4.50. The zero-order valence-corrected chi connectivity index (χ0v) is 12.8. The zero-order valence-electron chi connectivity index (χ0n) is 12.8. The van der Waals surface area contributed by atoms with Crippen LogP contribution < -0.4 is 11.2 Å². The van der Waals surface area contributed by atoms with Crippen LogP contribution in [-0.4, -0.2) is 38.1 Å². The lowest BCUT2D eigenvalue weighted by molar-refractivity contribution is 0.300. The first kappa shape index (κ1) is 15.3. The summed E-state index contributed by atoms with van der Waals surface area (Å²) in [7, 11) is 2.83. The van der Waals surface area contributed by atoms with E-state index < -0.39 is 11.2 Å². The van der Waals surface area contributed by atoms with Crippen LogP contribution in [0.5, 0.6) is 5.88 Å². The Labute approximate surface area is 123 Å². The Morgan fingerprint density at radius 1 is 1.05 bits per heavy atom. The van der Waals surface area contributed by atoms with Gasteiger partial charge in [0.15, 0.2) is 0 Å². The Balaban J connectivity index is 2.46. The van der Waals surface area contributed by atoms with E-state index in [2.05, 4.69) is 5.10 Å². The van der Waals surface area contributed by atoms with Crippen LogP contribution in [-0.2, 0) is 14.1 Å². The second-order valence-electron chi connectivity index (χ2n) is 5.46. The number of hydrogen-bond donors (Lipinski definition) is 1. The van der Waals surface area contributed by atoms with Gasteiger partial charge < -0.3 is 5.11 Å². The van der Waals surface area contributed by atoms with Crippen LogP contribution in [0.4, 0.5) is 0 Å². The van der Waals surface area contributed by atoms with Crippen molar-refractivity contribution in [1.29, 1.82) is 0 Å². The van der Waals surface area contributed by atoms with Crippen LogP contribution in [0.3, 0.4) is 0 Å². The summed E-state index contributed by atoms with van der Waals surface area (Å²) in [5.41, 5.74) is -0.551. The summed E-state index contributed by atoms with van der Waals surface area (Å²) in [6.07, 6.45) is 4.54. The summed E-state index contributed by atoms with van der Waals surface area (Å²) in [6, 6.07) is 0. The molecule has 0 radical (unpaired) electrons. The lowest BCUT2D eigenvalue weighted by atomic mass is 10.2. The Bertz CT molecular complexity index is 664. The van der Waals surface area contributed by atoms with Gasteiger partial charge in [0.25, 0.3) is 5.56 Å². The third-order valence-corrected chi connectivity index (χ3v) is 3.87. The number of nitrogens with zero attached hydrogens (tertiary/aromatic N) is 4. The van der Waals surface area contributed by atoms with Crippen molar-refractivity contribution < 1.29 is 5.11 Å². The van der Waals surface area contributed by atoms with Gasteiger partial charge >= 0.3 is 5.69 Å². The maximum Gasteiger partial charge on any atom is 0.333 e. The number of rotatable bonds is 2. The van der Waals surface area contributed by atoms with Crippen LogP contribution >= 0.6 is 0 Å². The third-order valence-electron chi connectivity index (χ3n) is 3.87. The van der Waals surface area contributed by atoms with E-state index >= 15 is 0 Å². The molecule has 7 heteroatoms. The van der Waals surface area contributed by atoms with Crippen molar-refractivity contribution in [1.82, 2.24) is 14.1 Å². The minimum absolute atomic E-state index is 0.0869. The van der Waals surface area contributed by atoms with E-state index in [1.54, 1.807) is 6.92 Å². The standard InChI is InChI=1S/C14H22N4O3/c1-10(15-18-8-6-4-5-7-9-18)11-12(19)16(2)14(21)17(3)13(11)20/h19H,4-9H2,1-3H3. The topological polar surface area (TPSA) is 79.8 Å². The van der Waals surface area contributed by atoms with Gasteiger partial charge in [-0.05, 0) is 19.8 Å². The first-order valence-corrected chi connectivity index (χ1v) is 7.23. The molecule has 1 fully saturated rings. The van der Waals surface area contributed by atoms with Crippen molar-refractivity contribution in [2.75, 3.05) is 13.1 Å². The van der Waals surface area contributed by atoms with E-state index in [1.807, 2.05) is 5.01 Å². The average Bonchev–Trinajstić information content (AvgIpc) is 2.72. The van der Waals surface area contributed by atoms with E-state index in [4.69, 9.17) is 0 Å². The van der Waals surface area contributed by atoms with E-state index in [0.29, 0.717) is 5.71 Å². The highest BCUT2D eigenvalue weighted by Gasteiger charge is 2.18. The molecule has 1 N–H and O–H groups in total. The first-order valence-electron chi connectivity index (χ1n) is 7.23. The smallest absolute Gasteiger partial charge is 0.333 e.